The van der Waals surface area contributed by atoms with Crippen molar-refractivity contribution >= 4 is 17.6 Å². The number of phenolic OH excluding ortho intramolecular Hbond substituents is 1. The van der Waals surface area contributed by atoms with E-state index in [-0.39, 0.29) is 17.2 Å². The van der Waals surface area contributed by atoms with Crippen LogP contribution in [-0.2, 0) is 11.2 Å². The fourth-order valence-corrected chi connectivity index (χ4v) is 1.49. The van der Waals surface area contributed by atoms with Gasteiger partial charge in [-0.1, -0.05) is 17.7 Å². The first-order valence-electron chi connectivity index (χ1n) is 4.20. The van der Waals surface area contributed by atoms with Gasteiger partial charge in [-0.3, -0.25) is 4.79 Å². The molecule has 1 aromatic rings. The number of carboxylic acid groups (broad SMARTS) is 1. The summed E-state index contributed by atoms with van der Waals surface area (Å²) in [5.41, 5.74) is 1.49. The lowest BCUT2D eigenvalue weighted by Crippen LogP contribution is -1.97. The number of benzene rings is 1. The van der Waals surface area contributed by atoms with Gasteiger partial charge in [-0.25, -0.2) is 0 Å². The van der Waals surface area contributed by atoms with E-state index in [1.807, 2.05) is 0 Å². The topological polar surface area (TPSA) is 57.5 Å². The first-order chi connectivity index (χ1) is 6.50. The molecule has 0 atom stereocenters. The predicted octanol–water partition coefficient (Wildman–Crippen LogP) is 2.37. The SMILES string of the molecule is Cc1cc(CCC(=O)O)cc(Cl)c1O. The molecule has 0 aliphatic rings. The van der Waals surface area contributed by atoms with E-state index in [4.69, 9.17) is 16.7 Å². The van der Waals surface area contributed by atoms with Crippen LogP contribution in [0.3, 0.4) is 0 Å². The van der Waals surface area contributed by atoms with Crippen molar-refractivity contribution in [3.05, 3.63) is 28.3 Å². The molecule has 0 aromatic heterocycles. The highest BCUT2D eigenvalue weighted by Crippen LogP contribution is 2.28. The summed E-state index contributed by atoms with van der Waals surface area (Å²) in [4.78, 5) is 10.3. The van der Waals surface area contributed by atoms with E-state index in [1.165, 1.54) is 0 Å². The quantitative estimate of drug-likeness (QED) is 0.812. The number of aryl methyl sites for hydroxylation is 2. The van der Waals surface area contributed by atoms with Gasteiger partial charge in [0.2, 0.25) is 0 Å². The number of hydrogen-bond donors (Lipinski definition) is 2. The van der Waals surface area contributed by atoms with Crippen LogP contribution in [0.15, 0.2) is 12.1 Å². The molecular formula is C10H11ClO3. The van der Waals surface area contributed by atoms with E-state index in [9.17, 15) is 9.90 Å². The average molecular weight is 215 g/mol. The van der Waals surface area contributed by atoms with Crippen molar-refractivity contribution in [1.29, 1.82) is 0 Å². The van der Waals surface area contributed by atoms with Gasteiger partial charge in [-0.2, -0.15) is 0 Å². The molecule has 0 saturated heterocycles. The van der Waals surface area contributed by atoms with Crippen molar-refractivity contribution in [1.82, 2.24) is 0 Å². The summed E-state index contributed by atoms with van der Waals surface area (Å²) in [7, 11) is 0. The molecule has 0 spiro atoms. The van der Waals surface area contributed by atoms with Gasteiger partial charge in [0, 0.05) is 6.42 Å². The third kappa shape index (κ3) is 2.64. The normalized spacial score (nSPS) is 10.1. The van der Waals surface area contributed by atoms with Crippen molar-refractivity contribution in [3.63, 3.8) is 0 Å². The number of carboxylic acids is 1. The van der Waals surface area contributed by atoms with Crippen LogP contribution in [0.4, 0.5) is 0 Å². The van der Waals surface area contributed by atoms with Crippen molar-refractivity contribution < 1.29 is 15.0 Å². The Kier molecular flexibility index (Phi) is 3.36. The number of aromatic hydroxyl groups is 1. The van der Waals surface area contributed by atoms with Crippen LogP contribution < -0.4 is 0 Å². The van der Waals surface area contributed by atoms with Crippen LogP contribution in [-0.4, -0.2) is 16.2 Å². The summed E-state index contributed by atoms with van der Waals surface area (Å²) < 4.78 is 0. The summed E-state index contributed by atoms with van der Waals surface area (Å²) in [6, 6.07) is 3.33. The van der Waals surface area contributed by atoms with Gasteiger partial charge in [-0.15, -0.1) is 0 Å². The summed E-state index contributed by atoms with van der Waals surface area (Å²) in [5.74, 6) is -0.780. The maximum Gasteiger partial charge on any atom is 0.303 e. The molecule has 4 heteroatoms. The zero-order valence-corrected chi connectivity index (χ0v) is 8.51. The van der Waals surface area contributed by atoms with Gasteiger partial charge in [0.05, 0.1) is 5.02 Å². The van der Waals surface area contributed by atoms with Crippen LogP contribution in [0.2, 0.25) is 5.02 Å². The minimum atomic E-state index is -0.841. The van der Waals surface area contributed by atoms with E-state index in [2.05, 4.69) is 0 Å². The van der Waals surface area contributed by atoms with Crippen LogP contribution in [0.5, 0.6) is 5.75 Å². The van der Waals surface area contributed by atoms with Crippen molar-refractivity contribution in [2.75, 3.05) is 0 Å². The summed E-state index contributed by atoms with van der Waals surface area (Å²) in [6.07, 6.45) is 0.497. The van der Waals surface area contributed by atoms with Crippen LogP contribution >= 0.6 is 11.6 Å². The molecule has 1 aromatic carbocycles. The fourth-order valence-electron chi connectivity index (χ4n) is 1.20. The monoisotopic (exact) mass is 214 g/mol. The van der Waals surface area contributed by atoms with E-state index in [1.54, 1.807) is 19.1 Å². The number of phenols is 1. The average Bonchev–Trinajstić information content (AvgIpc) is 2.10. The molecule has 0 unspecified atom stereocenters. The fraction of sp³-hybridized carbons (Fsp3) is 0.300. The van der Waals surface area contributed by atoms with Gasteiger partial charge >= 0.3 is 5.97 Å². The van der Waals surface area contributed by atoms with Crippen molar-refractivity contribution in [2.45, 2.75) is 19.8 Å². The summed E-state index contributed by atoms with van der Waals surface area (Å²) >= 11 is 5.74. The Labute approximate surface area is 86.9 Å². The molecule has 0 heterocycles. The van der Waals surface area contributed by atoms with Crippen LogP contribution in [0, 0.1) is 6.92 Å². The maximum absolute atomic E-state index is 10.3. The number of aliphatic carboxylic acids is 1. The molecular weight excluding hydrogens is 204 g/mol. The van der Waals surface area contributed by atoms with Crippen molar-refractivity contribution in [3.8, 4) is 5.75 Å². The highest BCUT2D eigenvalue weighted by molar-refractivity contribution is 6.32. The third-order valence-corrected chi connectivity index (χ3v) is 2.23. The molecule has 76 valence electrons. The molecule has 3 nitrogen and oxygen atoms in total. The zero-order chi connectivity index (χ0) is 10.7. The van der Waals surface area contributed by atoms with E-state index in [0.29, 0.717) is 12.0 Å². The van der Waals surface area contributed by atoms with Gasteiger partial charge in [0.1, 0.15) is 5.75 Å². The number of carbonyl (C=O) groups is 1. The molecule has 0 radical (unpaired) electrons. The molecule has 0 aliphatic carbocycles. The second-order valence-corrected chi connectivity index (χ2v) is 3.54. The lowest BCUT2D eigenvalue weighted by Gasteiger charge is -2.05. The Balaban J connectivity index is 2.84. The molecule has 0 fully saturated rings. The van der Waals surface area contributed by atoms with Crippen LogP contribution in [0.25, 0.3) is 0 Å². The molecule has 2 N–H and O–H groups in total. The van der Waals surface area contributed by atoms with E-state index < -0.39 is 5.97 Å². The first kappa shape index (κ1) is 10.9. The lowest BCUT2D eigenvalue weighted by molar-refractivity contribution is -0.136. The number of hydrogen-bond acceptors (Lipinski definition) is 2. The standard InChI is InChI=1S/C10H11ClO3/c1-6-4-7(2-3-9(12)13)5-8(11)10(6)14/h4-5,14H,2-3H2,1H3,(H,12,13). The number of halogens is 1. The van der Waals surface area contributed by atoms with Gasteiger partial charge in [0.25, 0.3) is 0 Å². The van der Waals surface area contributed by atoms with Crippen LogP contribution in [0.1, 0.15) is 17.5 Å². The number of rotatable bonds is 3. The smallest absolute Gasteiger partial charge is 0.303 e. The van der Waals surface area contributed by atoms with Gasteiger partial charge in [0.15, 0.2) is 0 Å². The Morgan fingerprint density at radius 3 is 2.64 bits per heavy atom. The molecule has 0 amide bonds. The highest BCUT2D eigenvalue weighted by Gasteiger charge is 2.06. The molecule has 0 bridgehead atoms. The molecule has 0 saturated carbocycles. The maximum atomic E-state index is 10.3. The summed E-state index contributed by atoms with van der Waals surface area (Å²) in [6.45, 7) is 1.73. The minimum absolute atomic E-state index is 0.0609. The first-order valence-corrected chi connectivity index (χ1v) is 4.58. The second-order valence-electron chi connectivity index (χ2n) is 3.14. The molecule has 0 aliphatic heterocycles. The van der Waals surface area contributed by atoms with Gasteiger partial charge < -0.3 is 10.2 Å². The molecule has 14 heavy (non-hydrogen) atoms. The zero-order valence-electron chi connectivity index (χ0n) is 7.75. The third-order valence-electron chi connectivity index (χ3n) is 1.94. The Morgan fingerprint density at radius 1 is 1.50 bits per heavy atom. The minimum Gasteiger partial charge on any atom is -0.506 e. The van der Waals surface area contributed by atoms with E-state index >= 15 is 0 Å². The predicted molar refractivity (Wildman–Crippen MR) is 53.8 cm³/mol. The Hall–Kier alpha value is -1.22. The largest absolute Gasteiger partial charge is 0.506 e. The summed E-state index contributed by atoms with van der Waals surface area (Å²) in [5, 5.41) is 18.1. The van der Waals surface area contributed by atoms with Gasteiger partial charge in [-0.05, 0) is 30.5 Å². The Bertz CT molecular complexity index is 337. The lowest BCUT2D eigenvalue weighted by atomic mass is 10.1. The van der Waals surface area contributed by atoms with E-state index in [0.717, 1.165) is 5.56 Å². The molecule has 1 rings (SSSR count). The highest BCUT2D eigenvalue weighted by atomic mass is 35.5. The second kappa shape index (κ2) is 4.33. The Morgan fingerprint density at radius 2 is 2.14 bits per heavy atom. The van der Waals surface area contributed by atoms with Crippen molar-refractivity contribution in [2.24, 2.45) is 0 Å².